The molecule has 0 radical (unpaired) electrons. The lowest BCUT2D eigenvalue weighted by molar-refractivity contribution is 0.0963. The van der Waals surface area contributed by atoms with E-state index in [1.54, 1.807) is 7.05 Å². The molecule has 0 aliphatic heterocycles. The maximum Gasteiger partial charge on any atom is 0.251 e. The number of hydrogen-bond acceptors (Lipinski definition) is 1. The van der Waals surface area contributed by atoms with Gasteiger partial charge < -0.3 is 9.88 Å². The third kappa shape index (κ3) is 1.98. The first-order valence-electron chi connectivity index (χ1n) is 5.15. The second kappa shape index (κ2) is 4.23. The zero-order valence-electron chi connectivity index (χ0n) is 9.40. The topological polar surface area (TPSA) is 34.0 Å². The Labute approximate surface area is 94.7 Å². The predicted octanol–water partition coefficient (Wildman–Crippen LogP) is 2.05. The van der Waals surface area contributed by atoms with Gasteiger partial charge in [-0.3, -0.25) is 4.79 Å². The van der Waals surface area contributed by atoms with Gasteiger partial charge in [-0.15, -0.1) is 0 Å². The quantitative estimate of drug-likeness (QED) is 0.815. The molecule has 82 valence electrons. The zero-order valence-corrected chi connectivity index (χ0v) is 9.40. The predicted molar refractivity (Wildman–Crippen MR) is 64.2 cm³/mol. The van der Waals surface area contributed by atoms with Gasteiger partial charge in [-0.05, 0) is 29.3 Å². The lowest BCUT2D eigenvalue weighted by Gasteiger charge is -2.01. The summed E-state index contributed by atoms with van der Waals surface area (Å²) in [5.41, 5.74) is 2.96. The average molecular weight is 214 g/mol. The van der Waals surface area contributed by atoms with Gasteiger partial charge in [0.05, 0.1) is 0 Å². The molecule has 0 aliphatic rings. The molecule has 0 saturated carbocycles. The summed E-state index contributed by atoms with van der Waals surface area (Å²) in [6.45, 7) is 0. The largest absolute Gasteiger partial charge is 0.357 e. The van der Waals surface area contributed by atoms with Gasteiger partial charge in [0.15, 0.2) is 0 Å². The van der Waals surface area contributed by atoms with Crippen molar-refractivity contribution in [3.8, 4) is 11.1 Å². The van der Waals surface area contributed by atoms with Crippen LogP contribution in [0.25, 0.3) is 11.1 Å². The lowest BCUT2D eigenvalue weighted by Crippen LogP contribution is -2.17. The van der Waals surface area contributed by atoms with Crippen LogP contribution in [0.1, 0.15) is 10.4 Å². The molecule has 0 unspecified atom stereocenters. The van der Waals surface area contributed by atoms with Crippen molar-refractivity contribution in [1.82, 2.24) is 9.88 Å². The van der Waals surface area contributed by atoms with Gasteiger partial charge in [0.1, 0.15) is 0 Å². The minimum atomic E-state index is -0.0559. The minimum absolute atomic E-state index is 0.0559. The number of rotatable bonds is 2. The summed E-state index contributed by atoms with van der Waals surface area (Å²) in [4.78, 5) is 11.4. The number of amides is 1. The first-order valence-corrected chi connectivity index (χ1v) is 5.15. The van der Waals surface area contributed by atoms with Crippen molar-refractivity contribution in [2.45, 2.75) is 0 Å². The summed E-state index contributed by atoms with van der Waals surface area (Å²) in [6.07, 6.45) is 4.05. The van der Waals surface area contributed by atoms with E-state index in [-0.39, 0.29) is 5.91 Å². The van der Waals surface area contributed by atoms with E-state index in [1.807, 2.05) is 42.1 Å². The molecular weight excluding hydrogens is 200 g/mol. The van der Waals surface area contributed by atoms with Crippen molar-refractivity contribution in [1.29, 1.82) is 0 Å². The third-order valence-electron chi connectivity index (χ3n) is 2.54. The maximum absolute atomic E-state index is 11.4. The van der Waals surface area contributed by atoms with Crippen LogP contribution in [0.15, 0.2) is 42.7 Å². The summed E-state index contributed by atoms with van der Waals surface area (Å²) in [6, 6.07) is 9.64. The van der Waals surface area contributed by atoms with E-state index in [4.69, 9.17) is 0 Å². The number of benzene rings is 1. The lowest BCUT2D eigenvalue weighted by atomic mass is 10.1. The van der Waals surface area contributed by atoms with Crippen LogP contribution < -0.4 is 5.32 Å². The number of carbonyl (C=O) groups excluding carboxylic acids is 1. The molecule has 0 atom stereocenters. The van der Waals surface area contributed by atoms with Crippen molar-refractivity contribution < 1.29 is 4.79 Å². The fourth-order valence-electron chi connectivity index (χ4n) is 1.63. The number of hydrogen-bond donors (Lipinski definition) is 1. The molecule has 3 heteroatoms. The van der Waals surface area contributed by atoms with Crippen LogP contribution >= 0.6 is 0 Å². The summed E-state index contributed by atoms with van der Waals surface area (Å²) in [7, 11) is 3.62. The Balaban J connectivity index is 2.29. The van der Waals surface area contributed by atoms with Crippen LogP contribution in [0.3, 0.4) is 0 Å². The summed E-state index contributed by atoms with van der Waals surface area (Å²) < 4.78 is 2.00. The van der Waals surface area contributed by atoms with Crippen molar-refractivity contribution in [2.24, 2.45) is 7.05 Å². The number of carbonyl (C=O) groups is 1. The monoisotopic (exact) mass is 214 g/mol. The highest BCUT2D eigenvalue weighted by Crippen LogP contribution is 2.19. The van der Waals surface area contributed by atoms with Crippen molar-refractivity contribution in [3.63, 3.8) is 0 Å². The molecule has 2 aromatic rings. The van der Waals surface area contributed by atoms with Gasteiger partial charge >= 0.3 is 0 Å². The molecule has 1 aromatic heterocycles. The molecule has 1 amide bonds. The van der Waals surface area contributed by atoms with Crippen molar-refractivity contribution >= 4 is 5.91 Å². The fraction of sp³-hybridized carbons (Fsp3) is 0.154. The van der Waals surface area contributed by atoms with Gasteiger partial charge in [-0.1, -0.05) is 12.1 Å². The van der Waals surface area contributed by atoms with E-state index < -0.39 is 0 Å². The Morgan fingerprint density at radius 1 is 1.12 bits per heavy atom. The second-order valence-corrected chi connectivity index (χ2v) is 3.72. The minimum Gasteiger partial charge on any atom is -0.357 e. The van der Waals surface area contributed by atoms with Crippen LogP contribution in [-0.2, 0) is 7.05 Å². The van der Waals surface area contributed by atoms with Gasteiger partial charge in [-0.25, -0.2) is 0 Å². The van der Waals surface area contributed by atoms with Crippen molar-refractivity contribution in [3.05, 3.63) is 48.3 Å². The normalized spacial score (nSPS) is 10.1. The molecule has 2 rings (SSSR count). The average Bonchev–Trinajstić information content (AvgIpc) is 2.75. The molecule has 0 fully saturated rings. The summed E-state index contributed by atoms with van der Waals surface area (Å²) >= 11 is 0. The molecule has 3 nitrogen and oxygen atoms in total. The van der Waals surface area contributed by atoms with Crippen LogP contribution in [0.2, 0.25) is 0 Å². The molecule has 1 heterocycles. The van der Waals surface area contributed by atoms with Crippen LogP contribution in [0.4, 0.5) is 0 Å². The highest BCUT2D eigenvalue weighted by molar-refractivity contribution is 5.94. The van der Waals surface area contributed by atoms with Gasteiger partial charge in [-0.2, -0.15) is 0 Å². The molecule has 16 heavy (non-hydrogen) atoms. The molecular formula is C13H14N2O. The first-order chi connectivity index (χ1) is 7.70. The zero-order chi connectivity index (χ0) is 11.5. The highest BCUT2D eigenvalue weighted by Gasteiger charge is 2.03. The molecule has 0 aliphatic carbocycles. The third-order valence-corrected chi connectivity index (χ3v) is 2.54. The first kappa shape index (κ1) is 10.5. The maximum atomic E-state index is 11.4. The Kier molecular flexibility index (Phi) is 2.77. The van der Waals surface area contributed by atoms with E-state index in [2.05, 4.69) is 17.6 Å². The van der Waals surface area contributed by atoms with Gasteiger partial charge in [0.25, 0.3) is 5.91 Å². The number of aryl methyl sites for hydroxylation is 1. The Morgan fingerprint density at radius 2 is 1.81 bits per heavy atom. The van der Waals surface area contributed by atoms with Gasteiger partial charge in [0.2, 0.25) is 0 Å². The van der Waals surface area contributed by atoms with E-state index in [9.17, 15) is 4.79 Å². The molecule has 0 saturated heterocycles. The SMILES string of the molecule is CNC(=O)c1ccc(-c2ccn(C)c2)cc1. The Bertz CT molecular complexity index is 497. The Hall–Kier alpha value is -2.03. The molecule has 1 N–H and O–H groups in total. The van der Waals surface area contributed by atoms with E-state index in [1.165, 1.54) is 0 Å². The van der Waals surface area contributed by atoms with Crippen LogP contribution in [0, 0.1) is 0 Å². The molecule has 0 bridgehead atoms. The number of nitrogens with one attached hydrogen (secondary N) is 1. The van der Waals surface area contributed by atoms with Crippen LogP contribution in [0.5, 0.6) is 0 Å². The van der Waals surface area contributed by atoms with E-state index >= 15 is 0 Å². The summed E-state index contributed by atoms with van der Waals surface area (Å²) in [5, 5.41) is 2.60. The molecule has 0 spiro atoms. The van der Waals surface area contributed by atoms with E-state index in [0.717, 1.165) is 11.1 Å². The summed E-state index contributed by atoms with van der Waals surface area (Å²) in [5.74, 6) is -0.0559. The smallest absolute Gasteiger partial charge is 0.251 e. The second-order valence-electron chi connectivity index (χ2n) is 3.72. The van der Waals surface area contributed by atoms with Crippen LogP contribution in [-0.4, -0.2) is 17.5 Å². The number of nitrogens with zero attached hydrogens (tertiary/aromatic N) is 1. The number of aromatic nitrogens is 1. The fourth-order valence-corrected chi connectivity index (χ4v) is 1.63. The standard InChI is InChI=1S/C13H14N2O/c1-14-13(16)11-5-3-10(4-6-11)12-7-8-15(2)9-12/h3-9H,1-2H3,(H,14,16). The Morgan fingerprint density at radius 3 is 2.31 bits per heavy atom. The highest BCUT2D eigenvalue weighted by atomic mass is 16.1. The molecule has 1 aromatic carbocycles. The van der Waals surface area contributed by atoms with E-state index in [0.29, 0.717) is 5.56 Å². The van der Waals surface area contributed by atoms with Crippen molar-refractivity contribution in [2.75, 3.05) is 7.05 Å². The van der Waals surface area contributed by atoms with Gasteiger partial charge in [0, 0.05) is 32.1 Å².